The van der Waals surface area contributed by atoms with Crippen molar-refractivity contribution in [3.8, 4) is 0 Å². The molecule has 1 atom stereocenters. The van der Waals surface area contributed by atoms with E-state index in [1.807, 2.05) is 6.07 Å². The molecule has 0 spiro atoms. The van der Waals surface area contributed by atoms with Crippen LogP contribution in [-0.4, -0.2) is 25.5 Å². The summed E-state index contributed by atoms with van der Waals surface area (Å²) in [6, 6.07) is 5.34. The van der Waals surface area contributed by atoms with Crippen LogP contribution < -0.4 is 4.90 Å². The molecule has 1 aromatic rings. The lowest BCUT2D eigenvalue weighted by molar-refractivity contribution is -0.142. The summed E-state index contributed by atoms with van der Waals surface area (Å²) in [6.07, 6.45) is 1.45. The van der Waals surface area contributed by atoms with Gasteiger partial charge in [0.05, 0.1) is 13.0 Å². The summed E-state index contributed by atoms with van der Waals surface area (Å²) in [5, 5.41) is 0.482. The molecule has 1 fully saturated rings. The molecule has 1 aromatic carbocycles. The van der Waals surface area contributed by atoms with Crippen molar-refractivity contribution in [2.24, 2.45) is 0 Å². The van der Waals surface area contributed by atoms with Gasteiger partial charge in [-0.3, -0.25) is 9.59 Å². The fourth-order valence-electron chi connectivity index (χ4n) is 2.26. The number of methoxy groups -OCH3 is 1. The van der Waals surface area contributed by atoms with E-state index in [2.05, 4.69) is 0 Å². The van der Waals surface area contributed by atoms with Crippen LogP contribution in [0.1, 0.15) is 31.2 Å². The molecule has 4 nitrogen and oxygen atoms in total. The number of benzene rings is 1. The number of amides is 1. The normalized spacial score (nSPS) is 16.6. The average Bonchev–Trinajstić information content (AvgIpc) is 2.83. The molecule has 1 amide bonds. The van der Waals surface area contributed by atoms with Crippen molar-refractivity contribution in [3.05, 3.63) is 28.8 Å². The molecule has 1 saturated heterocycles. The van der Waals surface area contributed by atoms with Gasteiger partial charge in [-0.05, 0) is 31.0 Å². The van der Waals surface area contributed by atoms with E-state index in [1.165, 1.54) is 7.11 Å². The summed E-state index contributed by atoms with van der Waals surface area (Å²) in [7, 11) is 1.35. The molecule has 0 bridgehead atoms. The minimum atomic E-state index is -0.416. The maximum absolute atomic E-state index is 11.7. The van der Waals surface area contributed by atoms with Crippen LogP contribution in [0, 0.1) is 0 Å². The zero-order valence-corrected chi connectivity index (χ0v) is 11.7. The van der Waals surface area contributed by atoms with E-state index in [1.54, 1.807) is 24.0 Å². The van der Waals surface area contributed by atoms with Gasteiger partial charge in [0.15, 0.2) is 0 Å². The minimum absolute atomic E-state index is 0.116. The van der Waals surface area contributed by atoms with Crippen LogP contribution in [0.4, 0.5) is 5.69 Å². The molecular weight excluding hydrogens is 266 g/mol. The lowest BCUT2D eigenvalue weighted by Gasteiger charge is -2.18. The Balaban J connectivity index is 2.26. The van der Waals surface area contributed by atoms with Gasteiger partial charge in [0.2, 0.25) is 5.91 Å². The van der Waals surface area contributed by atoms with Crippen molar-refractivity contribution in [2.45, 2.75) is 25.7 Å². The molecule has 0 aromatic heterocycles. The lowest BCUT2D eigenvalue weighted by Crippen LogP contribution is -2.23. The van der Waals surface area contributed by atoms with Gasteiger partial charge in [-0.1, -0.05) is 17.7 Å². The quantitative estimate of drug-likeness (QED) is 0.801. The second kappa shape index (κ2) is 5.61. The highest BCUT2D eigenvalue weighted by molar-refractivity contribution is 6.32. The number of carbonyl (C=O) groups is 2. The second-order valence-electron chi connectivity index (χ2n) is 4.60. The Morgan fingerprint density at radius 2 is 2.21 bits per heavy atom. The average molecular weight is 282 g/mol. The van der Waals surface area contributed by atoms with E-state index in [4.69, 9.17) is 16.3 Å². The number of hydrogen-bond donors (Lipinski definition) is 0. The van der Waals surface area contributed by atoms with Crippen LogP contribution in [0.5, 0.6) is 0 Å². The fourth-order valence-corrected chi connectivity index (χ4v) is 2.60. The van der Waals surface area contributed by atoms with Gasteiger partial charge in [0, 0.05) is 23.7 Å². The van der Waals surface area contributed by atoms with Gasteiger partial charge in [0.25, 0.3) is 0 Å². The van der Waals surface area contributed by atoms with Crippen LogP contribution in [0.15, 0.2) is 18.2 Å². The Hall–Kier alpha value is -1.55. The molecule has 1 aliphatic rings. The molecule has 0 N–H and O–H groups in total. The first-order valence-electron chi connectivity index (χ1n) is 6.22. The van der Waals surface area contributed by atoms with E-state index in [-0.39, 0.29) is 11.9 Å². The molecule has 2 rings (SSSR count). The zero-order valence-electron chi connectivity index (χ0n) is 11.0. The van der Waals surface area contributed by atoms with Crippen molar-refractivity contribution >= 4 is 29.2 Å². The first-order valence-corrected chi connectivity index (χ1v) is 6.60. The van der Waals surface area contributed by atoms with E-state index < -0.39 is 5.92 Å². The van der Waals surface area contributed by atoms with E-state index in [0.29, 0.717) is 17.0 Å². The van der Waals surface area contributed by atoms with Crippen LogP contribution in [-0.2, 0) is 14.3 Å². The molecule has 5 heteroatoms. The number of hydrogen-bond acceptors (Lipinski definition) is 3. The Morgan fingerprint density at radius 3 is 2.74 bits per heavy atom. The predicted octanol–water partition coefficient (Wildman–Crippen LogP) is 2.74. The maximum atomic E-state index is 11.7. The third-order valence-corrected chi connectivity index (χ3v) is 3.72. The third-order valence-electron chi connectivity index (χ3n) is 3.39. The molecule has 19 heavy (non-hydrogen) atoms. The number of rotatable bonds is 3. The maximum Gasteiger partial charge on any atom is 0.312 e. The first-order chi connectivity index (χ1) is 9.04. The number of anilines is 1. The van der Waals surface area contributed by atoms with Gasteiger partial charge in [-0.25, -0.2) is 0 Å². The topological polar surface area (TPSA) is 46.6 Å². The van der Waals surface area contributed by atoms with Gasteiger partial charge in [-0.2, -0.15) is 0 Å². The second-order valence-corrected chi connectivity index (χ2v) is 5.01. The number of ether oxygens (including phenoxy) is 1. The van der Waals surface area contributed by atoms with Crippen molar-refractivity contribution in [1.82, 2.24) is 0 Å². The lowest BCUT2D eigenvalue weighted by atomic mass is 10.0. The van der Waals surface area contributed by atoms with Crippen molar-refractivity contribution in [2.75, 3.05) is 18.6 Å². The molecule has 102 valence electrons. The predicted molar refractivity (Wildman–Crippen MR) is 73.5 cm³/mol. The summed E-state index contributed by atoms with van der Waals surface area (Å²) >= 11 is 6.21. The van der Waals surface area contributed by atoms with Crippen LogP contribution in [0.3, 0.4) is 0 Å². The summed E-state index contributed by atoms with van der Waals surface area (Å²) in [4.78, 5) is 24.9. The van der Waals surface area contributed by atoms with Crippen molar-refractivity contribution in [1.29, 1.82) is 0 Å². The SMILES string of the molecule is COC(=O)C(C)c1ccc(N2CCCC2=O)cc1Cl. The number of nitrogens with zero attached hydrogens (tertiary/aromatic N) is 1. The molecular formula is C14H16ClNO3. The fraction of sp³-hybridized carbons (Fsp3) is 0.429. The molecule has 1 aliphatic heterocycles. The van der Waals surface area contributed by atoms with Gasteiger partial charge in [0.1, 0.15) is 0 Å². The molecule has 0 saturated carbocycles. The summed E-state index contributed by atoms with van der Waals surface area (Å²) in [6.45, 7) is 2.47. The molecule has 0 radical (unpaired) electrons. The molecule has 0 aliphatic carbocycles. The first kappa shape index (κ1) is 13.9. The highest BCUT2D eigenvalue weighted by atomic mass is 35.5. The van der Waals surface area contributed by atoms with Crippen LogP contribution in [0.25, 0.3) is 0 Å². The Bertz CT molecular complexity index is 515. The molecule has 1 unspecified atom stereocenters. The minimum Gasteiger partial charge on any atom is -0.469 e. The Kier molecular flexibility index (Phi) is 4.10. The summed E-state index contributed by atoms with van der Waals surface area (Å²) in [5.41, 5.74) is 1.50. The number of carbonyl (C=O) groups excluding carboxylic acids is 2. The van der Waals surface area contributed by atoms with Gasteiger partial charge in [-0.15, -0.1) is 0 Å². The van der Waals surface area contributed by atoms with Crippen molar-refractivity contribution in [3.63, 3.8) is 0 Å². The van der Waals surface area contributed by atoms with Gasteiger partial charge >= 0.3 is 5.97 Å². The third kappa shape index (κ3) is 2.73. The van der Waals surface area contributed by atoms with E-state index >= 15 is 0 Å². The standard InChI is InChI=1S/C14H16ClNO3/c1-9(14(18)19-2)11-6-5-10(8-12(11)15)16-7-3-4-13(16)17/h5-6,8-9H,3-4,7H2,1-2H3. The zero-order chi connectivity index (χ0) is 14.0. The van der Waals surface area contributed by atoms with Crippen molar-refractivity contribution < 1.29 is 14.3 Å². The highest BCUT2D eigenvalue weighted by Crippen LogP contribution is 2.31. The number of esters is 1. The summed E-state index contributed by atoms with van der Waals surface area (Å²) < 4.78 is 4.71. The van der Waals surface area contributed by atoms with E-state index in [9.17, 15) is 9.59 Å². The summed E-state index contributed by atoms with van der Waals surface area (Å²) in [5.74, 6) is -0.627. The molecule has 1 heterocycles. The largest absolute Gasteiger partial charge is 0.469 e. The Labute approximate surface area is 117 Å². The highest BCUT2D eigenvalue weighted by Gasteiger charge is 2.24. The monoisotopic (exact) mass is 281 g/mol. The van der Waals surface area contributed by atoms with E-state index in [0.717, 1.165) is 18.7 Å². The van der Waals surface area contributed by atoms with Gasteiger partial charge < -0.3 is 9.64 Å². The smallest absolute Gasteiger partial charge is 0.312 e. The Morgan fingerprint density at radius 1 is 1.47 bits per heavy atom. The number of halogens is 1. The van der Waals surface area contributed by atoms with Crippen LogP contribution >= 0.6 is 11.6 Å². The van der Waals surface area contributed by atoms with Crippen LogP contribution in [0.2, 0.25) is 5.02 Å².